The van der Waals surface area contributed by atoms with E-state index in [1.54, 1.807) is 6.92 Å². The van der Waals surface area contributed by atoms with Crippen molar-refractivity contribution in [3.8, 4) is 6.07 Å². The van der Waals surface area contributed by atoms with Crippen molar-refractivity contribution in [3.05, 3.63) is 0 Å². The Morgan fingerprint density at radius 1 is 1.69 bits per heavy atom. The Labute approximate surface area is 78.6 Å². The molecule has 0 fully saturated rings. The Morgan fingerprint density at radius 3 is 2.69 bits per heavy atom. The Balaban J connectivity index is 3.86. The second-order valence-electron chi connectivity index (χ2n) is 3.06. The molecule has 4 nitrogen and oxygen atoms in total. The smallest absolute Gasteiger partial charge is 0.237 e. The average Bonchev–Trinajstić information content (AvgIpc) is 2.10. The van der Waals surface area contributed by atoms with Crippen molar-refractivity contribution in [3.63, 3.8) is 0 Å². The van der Waals surface area contributed by atoms with E-state index in [2.05, 4.69) is 5.32 Å². The van der Waals surface area contributed by atoms with Gasteiger partial charge in [-0.25, -0.2) is 0 Å². The van der Waals surface area contributed by atoms with Crippen molar-refractivity contribution in [1.29, 1.82) is 5.26 Å². The maximum absolute atomic E-state index is 11.2. The average molecular weight is 184 g/mol. The van der Waals surface area contributed by atoms with Crippen LogP contribution in [0.15, 0.2) is 0 Å². The third-order valence-corrected chi connectivity index (χ3v) is 1.62. The molecule has 0 heterocycles. The van der Waals surface area contributed by atoms with Crippen LogP contribution in [0.1, 0.15) is 26.7 Å². The summed E-state index contributed by atoms with van der Waals surface area (Å²) in [5, 5.41) is 20.0. The normalized spacial score (nSPS) is 14.3. The number of amides is 1. The number of nitrogens with zero attached hydrogens (tertiary/aromatic N) is 1. The highest BCUT2D eigenvalue weighted by molar-refractivity contribution is 5.80. The second kappa shape index (κ2) is 6.44. The lowest BCUT2D eigenvalue weighted by molar-refractivity contribution is -0.124. The molecule has 0 aromatic heterocycles. The van der Waals surface area contributed by atoms with Crippen molar-refractivity contribution >= 4 is 5.91 Å². The molecule has 0 spiro atoms. The Morgan fingerprint density at radius 2 is 2.31 bits per heavy atom. The van der Waals surface area contributed by atoms with E-state index in [1.807, 2.05) is 13.0 Å². The fourth-order valence-corrected chi connectivity index (χ4v) is 0.914. The summed E-state index contributed by atoms with van der Waals surface area (Å²) >= 11 is 0. The molecule has 0 radical (unpaired) electrons. The second-order valence-corrected chi connectivity index (χ2v) is 3.06. The highest BCUT2D eigenvalue weighted by atomic mass is 16.3. The number of carbonyl (C=O) groups excluding carboxylic acids is 1. The van der Waals surface area contributed by atoms with E-state index in [4.69, 9.17) is 10.4 Å². The molecule has 0 aliphatic heterocycles. The third kappa shape index (κ3) is 5.21. The lowest BCUT2D eigenvalue weighted by atomic mass is 10.1. The lowest BCUT2D eigenvalue weighted by Gasteiger charge is -2.10. The minimum atomic E-state index is -0.580. The van der Waals surface area contributed by atoms with Crippen LogP contribution in [0, 0.1) is 17.2 Å². The zero-order valence-corrected chi connectivity index (χ0v) is 8.08. The largest absolute Gasteiger partial charge is 0.392 e. The van der Waals surface area contributed by atoms with Gasteiger partial charge in [0.2, 0.25) is 5.91 Å². The predicted molar refractivity (Wildman–Crippen MR) is 48.7 cm³/mol. The van der Waals surface area contributed by atoms with E-state index >= 15 is 0 Å². The molecule has 0 aliphatic rings. The summed E-state index contributed by atoms with van der Waals surface area (Å²) in [6.07, 6.45) is 0.813. The molecule has 0 aliphatic carbocycles. The standard InChI is InChI=1S/C9H16N2O2/c1-3-4-8(5-10)9(13)11-6-7(2)12/h7-8,12H,3-4,6H2,1-2H3,(H,11,13). The summed E-state index contributed by atoms with van der Waals surface area (Å²) in [6, 6.07) is 1.93. The van der Waals surface area contributed by atoms with Gasteiger partial charge in [-0.2, -0.15) is 5.26 Å². The van der Waals surface area contributed by atoms with Gasteiger partial charge in [-0.3, -0.25) is 4.79 Å². The van der Waals surface area contributed by atoms with Crippen LogP contribution < -0.4 is 5.32 Å². The van der Waals surface area contributed by atoms with Gasteiger partial charge < -0.3 is 10.4 Å². The van der Waals surface area contributed by atoms with E-state index in [-0.39, 0.29) is 12.5 Å². The number of nitrogens with one attached hydrogen (secondary N) is 1. The Hall–Kier alpha value is -1.08. The van der Waals surface area contributed by atoms with Crippen LogP contribution in [0.3, 0.4) is 0 Å². The zero-order chi connectivity index (χ0) is 10.3. The lowest BCUT2D eigenvalue weighted by Crippen LogP contribution is -2.34. The maximum atomic E-state index is 11.2. The first-order valence-corrected chi connectivity index (χ1v) is 4.47. The molecule has 1 amide bonds. The molecule has 0 aromatic carbocycles. The SMILES string of the molecule is CCCC(C#N)C(=O)NCC(C)O. The van der Waals surface area contributed by atoms with Gasteiger partial charge in [-0.15, -0.1) is 0 Å². The number of nitriles is 1. The van der Waals surface area contributed by atoms with Gasteiger partial charge in [0, 0.05) is 6.54 Å². The predicted octanol–water partition coefficient (Wildman–Crippen LogP) is 0.423. The van der Waals surface area contributed by atoms with E-state index in [0.29, 0.717) is 6.42 Å². The fraction of sp³-hybridized carbons (Fsp3) is 0.778. The van der Waals surface area contributed by atoms with Crippen LogP contribution >= 0.6 is 0 Å². The van der Waals surface area contributed by atoms with Crippen molar-refractivity contribution < 1.29 is 9.90 Å². The van der Waals surface area contributed by atoms with E-state index in [1.165, 1.54) is 0 Å². The van der Waals surface area contributed by atoms with Crippen LogP contribution in [0.5, 0.6) is 0 Å². The number of rotatable bonds is 5. The summed E-state index contributed by atoms with van der Waals surface area (Å²) in [5.74, 6) is -0.867. The van der Waals surface area contributed by atoms with Crippen LogP contribution in [0.2, 0.25) is 0 Å². The zero-order valence-electron chi connectivity index (χ0n) is 8.08. The van der Waals surface area contributed by atoms with Gasteiger partial charge in [-0.05, 0) is 13.3 Å². The fourth-order valence-electron chi connectivity index (χ4n) is 0.914. The molecule has 0 saturated heterocycles. The van der Waals surface area contributed by atoms with Crippen LogP contribution in [0.25, 0.3) is 0 Å². The highest BCUT2D eigenvalue weighted by Crippen LogP contribution is 2.04. The van der Waals surface area contributed by atoms with Gasteiger partial charge >= 0.3 is 0 Å². The van der Waals surface area contributed by atoms with E-state index < -0.39 is 12.0 Å². The molecular formula is C9H16N2O2. The summed E-state index contributed by atoms with van der Waals surface area (Å²) in [5.41, 5.74) is 0. The minimum Gasteiger partial charge on any atom is -0.392 e. The molecule has 2 atom stereocenters. The van der Waals surface area contributed by atoms with E-state index in [0.717, 1.165) is 6.42 Å². The summed E-state index contributed by atoms with van der Waals surface area (Å²) in [6.45, 7) is 3.72. The molecule has 13 heavy (non-hydrogen) atoms. The molecule has 4 heteroatoms. The van der Waals surface area contributed by atoms with E-state index in [9.17, 15) is 4.79 Å². The maximum Gasteiger partial charge on any atom is 0.237 e. The van der Waals surface area contributed by atoms with Crippen molar-refractivity contribution in [2.75, 3.05) is 6.54 Å². The first-order chi connectivity index (χ1) is 6.11. The molecule has 0 aromatic rings. The molecule has 2 unspecified atom stereocenters. The van der Waals surface area contributed by atoms with Gasteiger partial charge in [0.1, 0.15) is 5.92 Å². The van der Waals surface area contributed by atoms with Crippen LogP contribution in [0.4, 0.5) is 0 Å². The quantitative estimate of drug-likeness (QED) is 0.650. The topological polar surface area (TPSA) is 73.1 Å². The number of aliphatic hydroxyl groups excluding tert-OH is 1. The molecule has 74 valence electrons. The first kappa shape index (κ1) is 11.9. The Kier molecular flexibility index (Phi) is 5.90. The molecule has 0 rings (SSSR count). The summed E-state index contributed by atoms with van der Waals surface area (Å²) < 4.78 is 0. The number of hydrogen-bond acceptors (Lipinski definition) is 3. The third-order valence-electron chi connectivity index (χ3n) is 1.62. The van der Waals surface area contributed by atoms with Crippen molar-refractivity contribution in [2.45, 2.75) is 32.8 Å². The van der Waals surface area contributed by atoms with Gasteiger partial charge in [-0.1, -0.05) is 13.3 Å². The number of aliphatic hydroxyl groups is 1. The molecular weight excluding hydrogens is 168 g/mol. The minimum absolute atomic E-state index is 0.209. The van der Waals surface area contributed by atoms with Crippen LogP contribution in [-0.4, -0.2) is 23.7 Å². The molecule has 0 bridgehead atoms. The van der Waals surface area contributed by atoms with Gasteiger partial charge in [0.25, 0.3) is 0 Å². The summed E-state index contributed by atoms with van der Waals surface area (Å²) in [7, 11) is 0. The number of carbonyl (C=O) groups is 1. The van der Waals surface area contributed by atoms with Crippen molar-refractivity contribution in [1.82, 2.24) is 5.32 Å². The highest BCUT2D eigenvalue weighted by Gasteiger charge is 2.16. The first-order valence-electron chi connectivity index (χ1n) is 4.47. The monoisotopic (exact) mass is 184 g/mol. The Bertz CT molecular complexity index is 196. The summed E-state index contributed by atoms with van der Waals surface area (Å²) in [4.78, 5) is 11.2. The van der Waals surface area contributed by atoms with Crippen LogP contribution in [-0.2, 0) is 4.79 Å². The van der Waals surface area contributed by atoms with Gasteiger partial charge in [0.15, 0.2) is 0 Å². The molecule has 2 N–H and O–H groups in total. The van der Waals surface area contributed by atoms with Gasteiger partial charge in [0.05, 0.1) is 12.2 Å². The molecule has 0 saturated carbocycles. The number of hydrogen-bond donors (Lipinski definition) is 2. The van der Waals surface area contributed by atoms with Crippen molar-refractivity contribution in [2.24, 2.45) is 5.92 Å².